The van der Waals surface area contributed by atoms with Gasteiger partial charge in [0, 0.05) is 6.04 Å². The molecule has 0 N–H and O–H groups in total. The molecule has 5 nitrogen and oxygen atoms in total. The third kappa shape index (κ3) is 4.44. The lowest BCUT2D eigenvalue weighted by Gasteiger charge is -2.28. The van der Waals surface area contributed by atoms with E-state index < -0.39 is 46.0 Å². The summed E-state index contributed by atoms with van der Waals surface area (Å²) in [7, 11) is -3.45. The van der Waals surface area contributed by atoms with E-state index in [9.17, 15) is 31.2 Å². The Balaban J connectivity index is 2.94. The highest BCUT2D eigenvalue weighted by atomic mass is 79.9. The van der Waals surface area contributed by atoms with Crippen LogP contribution in [-0.4, -0.2) is 60.6 Å². The van der Waals surface area contributed by atoms with Crippen molar-refractivity contribution in [2.45, 2.75) is 18.6 Å². The summed E-state index contributed by atoms with van der Waals surface area (Å²) in [5, 5.41) is -0.200. The third-order valence-electron chi connectivity index (χ3n) is 2.65. The molecule has 0 aliphatic carbocycles. The smallest absolute Gasteiger partial charge is 0.323 e. The topological polar surface area (TPSA) is 71.5 Å². The van der Waals surface area contributed by atoms with Crippen molar-refractivity contribution >= 4 is 37.5 Å². The Morgan fingerprint density at radius 1 is 1.32 bits per heavy atom. The Bertz CT molecular complexity index is 476. The van der Waals surface area contributed by atoms with Crippen molar-refractivity contribution in [1.82, 2.24) is 4.90 Å². The minimum atomic E-state index is -5.13. The van der Waals surface area contributed by atoms with Gasteiger partial charge in [-0.25, -0.2) is 8.42 Å². The highest BCUT2D eigenvalue weighted by Gasteiger charge is 2.47. The highest BCUT2D eigenvalue weighted by Crippen LogP contribution is 2.24. The molecular formula is C9H11BrF3NO4S. The van der Waals surface area contributed by atoms with Gasteiger partial charge >= 0.3 is 12.1 Å². The molecule has 1 fully saturated rings. The molecule has 1 saturated heterocycles. The molecule has 1 amide bonds. The summed E-state index contributed by atoms with van der Waals surface area (Å²) in [4.78, 5) is 22.8. The van der Waals surface area contributed by atoms with E-state index in [0.29, 0.717) is 4.90 Å². The lowest BCUT2D eigenvalue weighted by Crippen LogP contribution is -2.50. The SMILES string of the molecule is O=C(CBr)CN(C(=O)C(F)(F)F)C1CCS(=O)(=O)C1. The van der Waals surface area contributed by atoms with Crippen molar-refractivity contribution in [1.29, 1.82) is 0 Å². The van der Waals surface area contributed by atoms with Crippen LogP contribution in [0.2, 0.25) is 0 Å². The molecular weight excluding hydrogens is 355 g/mol. The zero-order chi connectivity index (χ0) is 14.8. The zero-order valence-corrected chi connectivity index (χ0v) is 12.0. The van der Waals surface area contributed by atoms with Gasteiger partial charge in [-0.2, -0.15) is 13.2 Å². The van der Waals surface area contributed by atoms with Crippen molar-refractivity contribution < 1.29 is 31.2 Å². The van der Waals surface area contributed by atoms with Crippen LogP contribution in [-0.2, 0) is 19.4 Å². The average Bonchev–Trinajstić information content (AvgIpc) is 2.63. The van der Waals surface area contributed by atoms with Gasteiger partial charge in [0.15, 0.2) is 15.6 Å². The number of amides is 1. The van der Waals surface area contributed by atoms with Crippen LogP contribution >= 0.6 is 15.9 Å². The molecule has 19 heavy (non-hydrogen) atoms. The fourth-order valence-corrected chi connectivity index (χ4v) is 3.69. The van der Waals surface area contributed by atoms with Crippen LogP contribution in [0.1, 0.15) is 6.42 Å². The maximum atomic E-state index is 12.4. The number of carbonyl (C=O) groups excluding carboxylic acids is 2. The second-order valence-corrected chi connectivity index (χ2v) is 6.95. The fourth-order valence-electron chi connectivity index (χ4n) is 1.78. The van der Waals surface area contributed by atoms with Gasteiger partial charge in [-0.05, 0) is 6.42 Å². The largest absolute Gasteiger partial charge is 0.471 e. The summed E-state index contributed by atoms with van der Waals surface area (Å²) < 4.78 is 59.8. The molecule has 1 rings (SSSR count). The zero-order valence-electron chi connectivity index (χ0n) is 9.61. The molecule has 0 radical (unpaired) electrons. The Labute approximate surface area is 116 Å². The molecule has 0 aromatic carbocycles. The molecule has 0 saturated carbocycles. The summed E-state index contributed by atoms with van der Waals surface area (Å²) in [5.41, 5.74) is 0. The second-order valence-electron chi connectivity index (χ2n) is 4.16. The van der Waals surface area contributed by atoms with Crippen LogP contribution in [0.25, 0.3) is 0 Å². The standard InChI is InChI=1S/C9H11BrF3NO4S/c10-3-7(15)4-14(8(16)9(11,12)13)6-1-2-19(17,18)5-6/h6H,1-5H2. The molecule has 110 valence electrons. The van der Waals surface area contributed by atoms with Gasteiger partial charge in [0.1, 0.15) is 0 Å². The summed E-state index contributed by atoms with van der Waals surface area (Å²) >= 11 is 2.79. The van der Waals surface area contributed by atoms with Gasteiger partial charge in [-0.1, -0.05) is 15.9 Å². The number of hydrogen-bond donors (Lipinski definition) is 0. The second kappa shape index (κ2) is 5.78. The van der Waals surface area contributed by atoms with E-state index in [-0.39, 0.29) is 17.5 Å². The van der Waals surface area contributed by atoms with Crippen molar-refractivity contribution in [3.05, 3.63) is 0 Å². The Hall–Kier alpha value is -0.640. The van der Waals surface area contributed by atoms with Crippen LogP contribution in [0.5, 0.6) is 0 Å². The van der Waals surface area contributed by atoms with Crippen LogP contribution in [0, 0.1) is 0 Å². The first-order valence-corrected chi connectivity index (χ1v) is 8.17. The van der Waals surface area contributed by atoms with Crippen molar-refractivity contribution in [3.8, 4) is 0 Å². The number of carbonyl (C=O) groups is 2. The molecule has 1 unspecified atom stereocenters. The summed E-state index contributed by atoms with van der Waals surface area (Å²) in [6.45, 7) is -0.746. The monoisotopic (exact) mass is 365 g/mol. The first kappa shape index (κ1) is 16.4. The van der Waals surface area contributed by atoms with E-state index in [2.05, 4.69) is 15.9 Å². The van der Waals surface area contributed by atoms with Crippen molar-refractivity contribution in [2.24, 2.45) is 0 Å². The fraction of sp³-hybridized carbons (Fsp3) is 0.778. The maximum Gasteiger partial charge on any atom is 0.471 e. The Kier molecular flexibility index (Phi) is 4.99. The maximum absolute atomic E-state index is 12.4. The van der Waals surface area contributed by atoms with E-state index in [1.165, 1.54) is 0 Å². The number of rotatable bonds is 4. The first-order valence-electron chi connectivity index (χ1n) is 5.22. The molecule has 1 aliphatic rings. The normalized spacial score (nSPS) is 22.2. The predicted octanol–water partition coefficient (Wildman–Crippen LogP) is 0.528. The van der Waals surface area contributed by atoms with Crippen LogP contribution in [0.15, 0.2) is 0 Å². The van der Waals surface area contributed by atoms with Gasteiger partial charge in [-0.15, -0.1) is 0 Å². The van der Waals surface area contributed by atoms with Crippen molar-refractivity contribution in [2.75, 3.05) is 23.4 Å². The number of Topliss-reactive ketones (excluding diaryl/α,β-unsaturated/α-hetero) is 1. The van der Waals surface area contributed by atoms with E-state index in [0.717, 1.165) is 0 Å². The van der Waals surface area contributed by atoms with Gasteiger partial charge in [0.25, 0.3) is 0 Å². The number of sulfone groups is 1. The molecule has 10 heteroatoms. The van der Waals surface area contributed by atoms with Gasteiger partial charge in [0.2, 0.25) is 0 Å². The summed E-state index contributed by atoms with van der Waals surface area (Å²) in [6, 6.07) is -1.10. The van der Waals surface area contributed by atoms with Crippen LogP contribution in [0.3, 0.4) is 0 Å². The number of halogens is 4. The molecule has 0 bridgehead atoms. The molecule has 0 aromatic heterocycles. The predicted molar refractivity (Wildman–Crippen MR) is 63.6 cm³/mol. The molecule has 1 heterocycles. The van der Waals surface area contributed by atoms with Gasteiger partial charge in [-0.3, -0.25) is 9.59 Å². The minimum absolute atomic E-state index is 0.0836. The van der Waals surface area contributed by atoms with E-state index in [1.54, 1.807) is 0 Å². The van der Waals surface area contributed by atoms with Gasteiger partial charge < -0.3 is 4.90 Å². The number of ketones is 1. The first-order chi connectivity index (χ1) is 8.57. The number of alkyl halides is 4. The number of nitrogens with zero attached hydrogens (tertiary/aromatic N) is 1. The minimum Gasteiger partial charge on any atom is -0.323 e. The molecule has 0 aromatic rings. The van der Waals surface area contributed by atoms with Crippen LogP contribution < -0.4 is 0 Å². The lowest BCUT2D eigenvalue weighted by molar-refractivity contribution is -0.187. The van der Waals surface area contributed by atoms with Gasteiger partial charge in [0.05, 0.1) is 23.4 Å². The van der Waals surface area contributed by atoms with E-state index in [1.807, 2.05) is 0 Å². The van der Waals surface area contributed by atoms with Crippen molar-refractivity contribution in [3.63, 3.8) is 0 Å². The molecule has 1 atom stereocenters. The van der Waals surface area contributed by atoms with Crippen LogP contribution in [0.4, 0.5) is 13.2 Å². The summed E-state index contributed by atoms with van der Waals surface area (Å²) in [5.74, 6) is -3.61. The van der Waals surface area contributed by atoms with E-state index >= 15 is 0 Å². The Morgan fingerprint density at radius 2 is 1.89 bits per heavy atom. The lowest BCUT2D eigenvalue weighted by atomic mass is 10.2. The quantitative estimate of drug-likeness (QED) is 0.681. The number of hydrogen-bond acceptors (Lipinski definition) is 4. The Morgan fingerprint density at radius 3 is 2.26 bits per heavy atom. The average molecular weight is 366 g/mol. The third-order valence-corrected chi connectivity index (χ3v) is 5.02. The molecule has 1 aliphatic heterocycles. The summed E-state index contributed by atoms with van der Waals surface area (Å²) in [6.07, 6.45) is -5.21. The molecule has 0 spiro atoms. The van der Waals surface area contributed by atoms with E-state index in [4.69, 9.17) is 0 Å². The highest BCUT2D eigenvalue weighted by molar-refractivity contribution is 9.09.